The van der Waals surface area contributed by atoms with E-state index in [1.165, 1.54) is 12.8 Å². The van der Waals surface area contributed by atoms with Gasteiger partial charge >= 0.3 is 0 Å². The largest absolute Gasteiger partial charge is 0.362 e. The first-order chi connectivity index (χ1) is 8.50. The predicted octanol–water partition coefficient (Wildman–Crippen LogP) is 2.11. The molecule has 0 aromatic carbocycles. The molecule has 1 aliphatic rings. The highest BCUT2D eigenvalue weighted by molar-refractivity contribution is 5.57. The van der Waals surface area contributed by atoms with E-state index in [0.717, 1.165) is 11.3 Å². The number of hydrogen-bond donors (Lipinski definition) is 2. The van der Waals surface area contributed by atoms with Crippen molar-refractivity contribution in [1.29, 1.82) is 5.26 Å². The van der Waals surface area contributed by atoms with Crippen LogP contribution in [0, 0.1) is 31.1 Å². The van der Waals surface area contributed by atoms with Crippen molar-refractivity contribution in [3.8, 4) is 6.07 Å². The Labute approximate surface area is 108 Å². The third-order valence-electron chi connectivity index (χ3n) is 3.76. The van der Waals surface area contributed by atoms with E-state index in [0.29, 0.717) is 23.8 Å². The summed E-state index contributed by atoms with van der Waals surface area (Å²) < 4.78 is 0. The minimum Gasteiger partial charge on any atom is -0.362 e. The maximum Gasteiger partial charge on any atom is 0.144 e. The zero-order valence-corrected chi connectivity index (χ0v) is 11.2. The molecule has 4 heteroatoms. The molecular formula is C14H20N4. The highest BCUT2D eigenvalue weighted by atomic mass is 15.1. The molecule has 1 unspecified atom stereocenters. The predicted molar refractivity (Wildman–Crippen MR) is 72.2 cm³/mol. The number of anilines is 1. The molecule has 1 fully saturated rings. The first-order valence-corrected chi connectivity index (χ1v) is 6.37. The van der Waals surface area contributed by atoms with Crippen molar-refractivity contribution in [2.75, 3.05) is 11.9 Å². The Morgan fingerprint density at radius 1 is 1.56 bits per heavy atom. The highest BCUT2D eigenvalue weighted by Gasteiger charge is 2.41. The van der Waals surface area contributed by atoms with Gasteiger partial charge in [-0.1, -0.05) is 0 Å². The van der Waals surface area contributed by atoms with E-state index in [-0.39, 0.29) is 5.54 Å². The van der Waals surface area contributed by atoms with Gasteiger partial charge in [-0.3, -0.25) is 0 Å². The van der Waals surface area contributed by atoms with E-state index in [4.69, 9.17) is 5.73 Å². The molecule has 0 aliphatic heterocycles. The molecule has 1 aromatic rings. The van der Waals surface area contributed by atoms with Gasteiger partial charge in [-0.2, -0.15) is 5.26 Å². The molecule has 0 saturated heterocycles. The molecule has 0 amide bonds. The number of aromatic nitrogens is 1. The Hall–Kier alpha value is -1.60. The Morgan fingerprint density at radius 3 is 2.72 bits per heavy atom. The van der Waals surface area contributed by atoms with E-state index < -0.39 is 0 Å². The van der Waals surface area contributed by atoms with Crippen LogP contribution in [-0.4, -0.2) is 17.1 Å². The maximum atomic E-state index is 9.25. The van der Waals surface area contributed by atoms with Crippen LogP contribution >= 0.6 is 0 Å². The smallest absolute Gasteiger partial charge is 0.144 e. The van der Waals surface area contributed by atoms with Crippen molar-refractivity contribution in [2.24, 2.45) is 11.7 Å². The van der Waals surface area contributed by atoms with Gasteiger partial charge in [-0.25, -0.2) is 4.98 Å². The Bertz CT molecular complexity index is 499. The molecule has 0 bridgehead atoms. The molecule has 1 aliphatic carbocycles. The fourth-order valence-corrected chi connectivity index (χ4v) is 2.38. The van der Waals surface area contributed by atoms with Gasteiger partial charge in [0.15, 0.2) is 0 Å². The van der Waals surface area contributed by atoms with E-state index in [9.17, 15) is 5.26 Å². The summed E-state index contributed by atoms with van der Waals surface area (Å²) in [6, 6.07) is 4.16. The number of hydrogen-bond acceptors (Lipinski definition) is 4. The molecule has 1 atom stereocenters. The summed E-state index contributed by atoms with van der Waals surface area (Å²) in [5.41, 5.74) is 8.24. The third kappa shape index (κ3) is 2.32. The van der Waals surface area contributed by atoms with Gasteiger partial charge in [0.05, 0.1) is 11.1 Å². The number of rotatable bonds is 4. The molecule has 1 heterocycles. The molecule has 0 spiro atoms. The standard InChI is InChI=1S/C14H20N4/c1-9-6-10(2)17-13(12(9)7-15)18-14(3,8-16)11-4-5-11/h6,11H,4-5,8,16H2,1-3H3,(H,17,18). The Kier molecular flexibility index (Phi) is 3.27. The average molecular weight is 244 g/mol. The summed E-state index contributed by atoms with van der Waals surface area (Å²) in [4.78, 5) is 4.46. The van der Waals surface area contributed by atoms with E-state index in [2.05, 4.69) is 23.3 Å². The molecule has 1 saturated carbocycles. The monoisotopic (exact) mass is 244 g/mol. The lowest BCUT2D eigenvalue weighted by molar-refractivity contribution is 0.457. The average Bonchev–Trinajstić information content (AvgIpc) is 3.12. The van der Waals surface area contributed by atoms with Crippen LogP contribution in [0.25, 0.3) is 0 Å². The highest BCUT2D eigenvalue weighted by Crippen LogP contribution is 2.41. The van der Waals surface area contributed by atoms with Crippen molar-refractivity contribution >= 4 is 5.82 Å². The SMILES string of the molecule is Cc1cc(C)c(C#N)c(NC(C)(CN)C2CC2)n1. The van der Waals surface area contributed by atoms with Crippen LogP contribution < -0.4 is 11.1 Å². The lowest BCUT2D eigenvalue weighted by Crippen LogP contribution is -2.45. The summed E-state index contributed by atoms with van der Waals surface area (Å²) in [6.45, 7) is 6.55. The first kappa shape index (κ1) is 12.8. The zero-order valence-electron chi connectivity index (χ0n) is 11.2. The van der Waals surface area contributed by atoms with E-state index >= 15 is 0 Å². The molecule has 96 valence electrons. The van der Waals surface area contributed by atoms with Crippen LogP contribution in [0.2, 0.25) is 0 Å². The number of nitrogens with one attached hydrogen (secondary N) is 1. The summed E-state index contributed by atoms with van der Waals surface area (Å²) >= 11 is 0. The topological polar surface area (TPSA) is 74.7 Å². The first-order valence-electron chi connectivity index (χ1n) is 6.37. The van der Waals surface area contributed by atoms with Gasteiger partial charge in [0.2, 0.25) is 0 Å². The summed E-state index contributed by atoms with van der Waals surface area (Å²) in [5, 5.41) is 12.7. The molecule has 1 aromatic heterocycles. The second-order valence-corrected chi connectivity index (χ2v) is 5.44. The second-order valence-electron chi connectivity index (χ2n) is 5.44. The number of nitrogens with zero attached hydrogens (tertiary/aromatic N) is 2. The number of nitrogens with two attached hydrogens (primary N) is 1. The van der Waals surface area contributed by atoms with Crippen molar-refractivity contribution in [1.82, 2.24) is 4.98 Å². The van der Waals surface area contributed by atoms with Crippen molar-refractivity contribution in [3.05, 3.63) is 22.9 Å². The molecule has 18 heavy (non-hydrogen) atoms. The minimum absolute atomic E-state index is 0.154. The molecule has 4 nitrogen and oxygen atoms in total. The van der Waals surface area contributed by atoms with Gasteiger partial charge in [-0.15, -0.1) is 0 Å². The fraction of sp³-hybridized carbons (Fsp3) is 0.571. The Morgan fingerprint density at radius 2 is 2.22 bits per heavy atom. The molecule has 0 radical (unpaired) electrons. The molecule has 3 N–H and O–H groups in total. The molecule has 2 rings (SSSR count). The summed E-state index contributed by atoms with van der Waals surface area (Å²) in [7, 11) is 0. The van der Waals surface area contributed by atoms with Crippen LogP contribution in [0.5, 0.6) is 0 Å². The summed E-state index contributed by atoms with van der Waals surface area (Å²) in [6.07, 6.45) is 2.40. The van der Waals surface area contributed by atoms with E-state index in [1.807, 2.05) is 19.9 Å². The van der Waals surface area contributed by atoms with Gasteiger partial charge in [0.1, 0.15) is 11.9 Å². The lowest BCUT2D eigenvalue weighted by Gasteiger charge is -2.30. The normalized spacial score (nSPS) is 17.9. The lowest BCUT2D eigenvalue weighted by atomic mass is 9.95. The van der Waals surface area contributed by atoms with Gasteiger partial charge in [0.25, 0.3) is 0 Å². The van der Waals surface area contributed by atoms with Crippen LogP contribution in [0.15, 0.2) is 6.07 Å². The third-order valence-corrected chi connectivity index (χ3v) is 3.76. The molecular weight excluding hydrogens is 224 g/mol. The van der Waals surface area contributed by atoms with Crippen molar-refractivity contribution < 1.29 is 0 Å². The quantitative estimate of drug-likeness (QED) is 0.850. The maximum absolute atomic E-state index is 9.25. The van der Waals surface area contributed by atoms with Crippen LogP contribution in [0.4, 0.5) is 5.82 Å². The number of nitriles is 1. The zero-order chi connectivity index (χ0) is 13.3. The van der Waals surface area contributed by atoms with Crippen molar-refractivity contribution in [3.63, 3.8) is 0 Å². The van der Waals surface area contributed by atoms with Crippen LogP contribution in [0.3, 0.4) is 0 Å². The van der Waals surface area contributed by atoms with E-state index in [1.54, 1.807) is 0 Å². The number of aryl methyl sites for hydroxylation is 2. The number of pyridine rings is 1. The van der Waals surface area contributed by atoms with Gasteiger partial charge in [-0.05, 0) is 51.2 Å². The van der Waals surface area contributed by atoms with Gasteiger partial charge < -0.3 is 11.1 Å². The van der Waals surface area contributed by atoms with Crippen LogP contribution in [0.1, 0.15) is 36.6 Å². The second kappa shape index (κ2) is 4.58. The Balaban J connectivity index is 2.36. The minimum atomic E-state index is -0.154. The summed E-state index contributed by atoms with van der Waals surface area (Å²) in [5.74, 6) is 1.27. The van der Waals surface area contributed by atoms with Crippen molar-refractivity contribution in [2.45, 2.75) is 39.2 Å². The van der Waals surface area contributed by atoms with Crippen LogP contribution in [-0.2, 0) is 0 Å². The van der Waals surface area contributed by atoms with Gasteiger partial charge in [0, 0.05) is 12.2 Å². The fourth-order valence-electron chi connectivity index (χ4n) is 2.38.